The Morgan fingerprint density at radius 3 is 2.41 bits per heavy atom. The summed E-state index contributed by atoms with van der Waals surface area (Å²) in [7, 11) is -3.92. The van der Waals surface area contributed by atoms with Gasteiger partial charge < -0.3 is 15.6 Å². The number of aliphatic hydroxyl groups excluding tert-OH is 1. The van der Waals surface area contributed by atoms with E-state index in [-0.39, 0.29) is 5.84 Å². The zero-order valence-corrected chi connectivity index (χ0v) is 13.5. The second-order valence-electron chi connectivity index (χ2n) is 4.48. The Kier molecular flexibility index (Phi) is 10.2. The van der Waals surface area contributed by atoms with Crippen LogP contribution in [0.1, 0.15) is 31.7 Å². The van der Waals surface area contributed by atoms with Gasteiger partial charge >= 0.3 is 0 Å². The van der Waals surface area contributed by atoms with Crippen molar-refractivity contribution >= 4 is 16.0 Å². The molecule has 0 fully saturated rings. The second kappa shape index (κ2) is 11.0. The molecule has 1 aromatic rings. The molecule has 7 nitrogen and oxygen atoms in total. The average molecular weight is 332 g/mol. The summed E-state index contributed by atoms with van der Waals surface area (Å²) in [5, 5.41) is 15.3. The van der Waals surface area contributed by atoms with E-state index in [9.17, 15) is 8.42 Å². The largest absolute Gasteiger partial charge is 0.493 e. The van der Waals surface area contributed by atoms with E-state index < -0.39 is 22.5 Å². The second-order valence-corrected chi connectivity index (χ2v) is 6.05. The third-order valence-electron chi connectivity index (χ3n) is 2.53. The molecule has 0 atom stereocenters. The number of aliphatic hydroxyl groups is 1. The van der Waals surface area contributed by atoms with Crippen molar-refractivity contribution in [2.24, 2.45) is 5.73 Å². The SMILES string of the molecule is CCCCCOc1ccccc1C(=N)N.O=S(=O)(O)CCO. The van der Waals surface area contributed by atoms with Crippen LogP contribution >= 0.6 is 0 Å². The van der Waals surface area contributed by atoms with Crippen LogP contribution in [-0.2, 0) is 10.1 Å². The van der Waals surface area contributed by atoms with E-state index in [0.717, 1.165) is 6.42 Å². The average Bonchev–Trinajstić information content (AvgIpc) is 2.43. The Morgan fingerprint density at radius 2 is 1.95 bits per heavy atom. The molecule has 0 spiro atoms. The first kappa shape index (κ1) is 20.4. The Morgan fingerprint density at radius 1 is 1.32 bits per heavy atom. The predicted octanol–water partition coefficient (Wildman–Crippen LogP) is 1.41. The van der Waals surface area contributed by atoms with Crippen LogP contribution in [0.3, 0.4) is 0 Å². The van der Waals surface area contributed by atoms with Gasteiger partial charge in [-0.1, -0.05) is 31.9 Å². The van der Waals surface area contributed by atoms with Crippen LogP contribution in [0.15, 0.2) is 24.3 Å². The molecule has 0 aromatic heterocycles. The molecule has 0 aliphatic heterocycles. The van der Waals surface area contributed by atoms with Gasteiger partial charge in [0, 0.05) is 0 Å². The van der Waals surface area contributed by atoms with Crippen LogP contribution < -0.4 is 10.5 Å². The number of amidine groups is 1. The lowest BCUT2D eigenvalue weighted by molar-refractivity contribution is 0.305. The smallest absolute Gasteiger partial charge is 0.267 e. The molecule has 0 aliphatic rings. The molecule has 0 heterocycles. The predicted molar refractivity (Wildman–Crippen MR) is 86.0 cm³/mol. The van der Waals surface area contributed by atoms with E-state index in [1.807, 2.05) is 18.2 Å². The molecule has 0 unspecified atom stereocenters. The monoisotopic (exact) mass is 332 g/mol. The van der Waals surface area contributed by atoms with Crippen LogP contribution in [0.5, 0.6) is 5.75 Å². The Balaban J connectivity index is 0.000000534. The molecule has 0 bridgehead atoms. The van der Waals surface area contributed by atoms with Crippen molar-refractivity contribution in [2.75, 3.05) is 19.0 Å². The lowest BCUT2D eigenvalue weighted by atomic mass is 10.2. The van der Waals surface area contributed by atoms with Gasteiger partial charge in [-0.05, 0) is 18.6 Å². The lowest BCUT2D eigenvalue weighted by Crippen LogP contribution is -2.13. The van der Waals surface area contributed by atoms with Crippen molar-refractivity contribution in [3.63, 3.8) is 0 Å². The van der Waals surface area contributed by atoms with Gasteiger partial charge in [-0.3, -0.25) is 9.96 Å². The van der Waals surface area contributed by atoms with Crippen LogP contribution in [-0.4, -0.2) is 42.9 Å². The summed E-state index contributed by atoms with van der Waals surface area (Å²) >= 11 is 0. The fourth-order valence-corrected chi connectivity index (χ4v) is 1.70. The molecule has 0 radical (unpaired) electrons. The highest BCUT2D eigenvalue weighted by molar-refractivity contribution is 7.85. The summed E-state index contributed by atoms with van der Waals surface area (Å²) in [5.41, 5.74) is 6.12. The van der Waals surface area contributed by atoms with E-state index >= 15 is 0 Å². The van der Waals surface area contributed by atoms with Gasteiger partial charge in [-0.15, -0.1) is 0 Å². The van der Waals surface area contributed by atoms with Gasteiger partial charge in [0.1, 0.15) is 11.6 Å². The number of unbranched alkanes of at least 4 members (excludes halogenated alkanes) is 2. The van der Waals surface area contributed by atoms with E-state index in [0.29, 0.717) is 17.9 Å². The molecule has 1 rings (SSSR count). The number of nitrogen functional groups attached to an aromatic ring is 1. The third kappa shape index (κ3) is 10.1. The minimum absolute atomic E-state index is 0.0566. The number of hydrogen-bond donors (Lipinski definition) is 4. The van der Waals surface area contributed by atoms with E-state index in [2.05, 4.69) is 6.92 Å². The van der Waals surface area contributed by atoms with Crippen LogP contribution in [0.2, 0.25) is 0 Å². The zero-order chi connectivity index (χ0) is 17.0. The van der Waals surface area contributed by atoms with E-state index in [1.165, 1.54) is 12.8 Å². The van der Waals surface area contributed by atoms with Gasteiger partial charge in [0.05, 0.1) is 24.5 Å². The topological polar surface area (TPSA) is 134 Å². The number of nitrogens with two attached hydrogens (primary N) is 1. The highest BCUT2D eigenvalue weighted by atomic mass is 32.2. The molecular formula is C14H24N2O5S. The molecule has 1 aromatic carbocycles. The number of para-hydroxylation sites is 1. The molecule has 0 aliphatic carbocycles. The summed E-state index contributed by atoms with van der Waals surface area (Å²) in [4.78, 5) is 0. The summed E-state index contributed by atoms with van der Waals surface area (Å²) in [6, 6.07) is 7.40. The first-order valence-corrected chi connectivity index (χ1v) is 8.55. The Hall–Kier alpha value is -1.64. The first-order valence-electron chi connectivity index (χ1n) is 6.94. The van der Waals surface area contributed by atoms with Gasteiger partial charge in [0.25, 0.3) is 10.1 Å². The van der Waals surface area contributed by atoms with Crippen molar-refractivity contribution in [3.8, 4) is 5.75 Å². The fourth-order valence-electron chi connectivity index (χ4n) is 1.46. The van der Waals surface area contributed by atoms with E-state index in [1.54, 1.807) is 6.07 Å². The molecule has 0 saturated carbocycles. The van der Waals surface area contributed by atoms with Gasteiger partial charge in [-0.2, -0.15) is 8.42 Å². The van der Waals surface area contributed by atoms with Crippen molar-refractivity contribution in [1.29, 1.82) is 5.41 Å². The minimum atomic E-state index is -3.92. The van der Waals surface area contributed by atoms with Crippen LogP contribution in [0, 0.1) is 5.41 Å². The number of rotatable bonds is 8. The Bertz CT molecular complexity index is 546. The van der Waals surface area contributed by atoms with Gasteiger partial charge in [0.15, 0.2) is 0 Å². The number of nitrogens with one attached hydrogen (secondary N) is 1. The number of benzene rings is 1. The molecule has 8 heteroatoms. The van der Waals surface area contributed by atoms with Crippen molar-refractivity contribution in [1.82, 2.24) is 0 Å². The molecule has 22 heavy (non-hydrogen) atoms. The summed E-state index contributed by atoms with van der Waals surface area (Å²) < 4.78 is 32.7. The third-order valence-corrected chi connectivity index (χ3v) is 3.23. The van der Waals surface area contributed by atoms with E-state index in [4.69, 9.17) is 25.5 Å². The molecule has 0 amide bonds. The zero-order valence-electron chi connectivity index (χ0n) is 12.7. The van der Waals surface area contributed by atoms with Crippen LogP contribution in [0.4, 0.5) is 0 Å². The lowest BCUT2D eigenvalue weighted by Gasteiger charge is -2.09. The molecular weight excluding hydrogens is 308 g/mol. The maximum atomic E-state index is 9.63. The standard InChI is InChI=1S/C12H18N2O.C2H6O4S/c1-2-3-6-9-15-11-8-5-4-7-10(11)12(13)14;3-1-2-7(4,5)6/h4-5,7-8H,2-3,6,9H2,1H3,(H3,13,14);3H,1-2H2,(H,4,5,6). The first-order chi connectivity index (χ1) is 10.3. The van der Waals surface area contributed by atoms with Gasteiger partial charge in [-0.25, -0.2) is 0 Å². The van der Waals surface area contributed by atoms with Crippen molar-refractivity contribution in [3.05, 3.63) is 29.8 Å². The Labute approximate surface area is 131 Å². The normalized spacial score (nSPS) is 10.5. The van der Waals surface area contributed by atoms with Gasteiger partial charge in [0.2, 0.25) is 0 Å². The molecule has 0 saturated heterocycles. The quantitative estimate of drug-likeness (QED) is 0.246. The minimum Gasteiger partial charge on any atom is -0.493 e. The number of ether oxygens (including phenoxy) is 1. The number of hydrogen-bond acceptors (Lipinski definition) is 5. The molecule has 5 N–H and O–H groups in total. The summed E-state index contributed by atoms with van der Waals surface area (Å²) in [6.07, 6.45) is 3.39. The maximum absolute atomic E-state index is 9.63. The summed E-state index contributed by atoms with van der Waals surface area (Å²) in [5.74, 6) is 0.190. The fraction of sp³-hybridized carbons (Fsp3) is 0.500. The van der Waals surface area contributed by atoms with Crippen molar-refractivity contribution < 1.29 is 22.8 Å². The molecule has 126 valence electrons. The summed E-state index contributed by atoms with van der Waals surface area (Å²) in [6.45, 7) is 2.32. The highest BCUT2D eigenvalue weighted by Gasteiger charge is 2.04. The van der Waals surface area contributed by atoms with Crippen LogP contribution in [0.25, 0.3) is 0 Å². The maximum Gasteiger partial charge on any atom is 0.267 e. The van der Waals surface area contributed by atoms with Crippen molar-refractivity contribution in [2.45, 2.75) is 26.2 Å². The highest BCUT2D eigenvalue weighted by Crippen LogP contribution is 2.17.